The maximum Gasteiger partial charge on any atom is 0.140 e. The van der Waals surface area contributed by atoms with Crippen molar-refractivity contribution < 1.29 is 0 Å². The van der Waals surface area contributed by atoms with E-state index in [1.165, 1.54) is 0 Å². The van der Waals surface area contributed by atoms with Gasteiger partial charge in [-0.25, -0.2) is 4.98 Å². The topological polar surface area (TPSA) is 24.9 Å². The van der Waals surface area contributed by atoms with E-state index in [1.54, 1.807) is 6.20 Å². The first-order chi connectivity index (χ1) is 6.11. The Hall–Kier alpha value is -0.280. The highest BCUT2D eigenvalue weighted by Gasteiger charge is 2.10. The molecule has 4 heteroatoms. The molecule has 1 rings (SSSR count). The highest BCUT2D eigenvalue weighted by atomic mass is 79.9. The molecule has 0 aliphatic carbocycles. The van der Waals surface area contributed by atoms with Gasteiger partial charge in [-0.15, -0.1) is 11.6 Å². The molecule has 72 valence electrons. The summed E-state index contributed by atoms with van der Waals surface area (Å²) in [4.78, 5) is 4.18. The molecule has 0 saturated heterocycles. The van der Waals surface area contributed by atoms with E-state index in [9.17, 15) is 0 Å². The van der Waals surface area contributed by atoms with E-state index in [-0.39, 0.29) is 11.4 Å². The van der Waals surface area contributed by atoms with Crippen molar-refractivity contribution in [3.05, 3.63) is 22.8 Å². The largest absolute Gasteiger partial charge is 0.365 e. The Bertz CT molecular complexity index is 278. The van der Waals surface area contributed by atoms with E-state index in [2.05, 4.69) is 26.2 Å². The Labute approximate surface area is 91.8 Å². The molecule has 0 fully saturated rings. The van der Waals surface area contributed by atoms with E-state index in [0.717, 1.165) is 10.3 Å². The molecule has 1 aromatic heterocycles. The lowest BCUT2D eigenvalue weighted by Gasteiger charge is -2.17. The number of hydrogen-bond acceptors (Lipinski definition) is 2. The third-order valence-electron chi connectivity index (χ3n) is 1.81. The van der Waals surface area contributed by atoms with Gasteiger partial charge in [0.1, 0.15) is 5.82 Å². The molecule has 0 saturated carbocycles. The first kappa shape index (κ1) is 10.8. The molecule has 0 aliphatic heterocycles. The van der Waals surface area contributed by atoms with Crippen molar-refractivity contribution in [1.29, 1.82) is 0 Å². The second-order valence-electron chi connectivity index (χ2n) is 2.94. The molecule has 0 amide bonds. The molecule has 0 bridgehead atoms. The van der Waals surface area contributed by atoms with E-state index in [1.807, 2.05) is 26.0 Å². The van der Waals surface area contributed by atoms with Crippen LogP contribution in [-0.4, -0.2) is 16.4 Å². The predicted molar refractivity (Wildman–Crippen MR) is 60.3 cm³/mol. The van der Waals surface area contributed by atoms with Gasteiger partial charge in [-0.2, -0.15) is 0 Å². The summed E-state index contributed by atoms with van der Waals surface area (Å²) in [5, 5.41) is 3.30. The van der Waals surface area contributed by atoms with Gasteiger partial charge in [-0.1, -0.05) is 0 Å². The summed E-state index contributed by atoms with van der Waals surface area (Å²) < 4.78 is 0.958. The fraction of sp³-hybridized carbons (Fsp3) is 0.444. The average molecular weight is 264 g/mol. The van der Waals surface area contributed by atoms with Gasteiger partial charge < -0.3 is 5.32 Å². The number of hydrogen-bond donors (Lipinski definition) is 1. The zero-order valence-electron chi connectivity index (χ0n) is 7.59. The average Bonchev–Trinajstić information content (AvgIpc) is 2.08. The van der Waals surface area contributed by atoms with Crippen molar-refractivity contribution in [3.8, 4) is 0 Å². The van der Waals surface area contributed by atoms with Gasteiger partial charge in [0.2, 0.25) is 0 Å². The highest BCUT2D eigenvalue weighted by Crippen LogP contribution is 2.20. The molecule has 0 aliphatic rings. The molecule has 2 atom stereocenters. The summed E-state index contributed by atoms with van der Waals surface area (Å²) in [6, 6.07) is 4.03. The molecule has 13 heavy (non-hydrogen) atoms. The van der Waals surface area contributed by atoms with E-state index >= 15 is 0 Å². The number of anilines is 1. The van der Waals surface area contributed by atoms with Crippen molar-refractivity contribution >= 4 is 33.3 Å². The van der Waals surface area contributed by atoms with Crippen molar-refractivity contribution in [3.63, 3.8) is 0 Å². The molecule has 1 heterocycles. The van der Waals surface area contributed by atoms with Gasteiger partial charge in [0, 0.05) is 12.2 Å². The van der Waals surface area contributed by atoms with Crippen LogP contribution in [0.3, 0.4) is 0 Å². The number of aromatic nitrogens is 1. The van der Waals surface area contributed by atoms with Gasteiger partial charge in [-0.3, -0.25) is 0 Å². The summed E-state index contributed by atoms with van der Waals surface area (Å²) in [5.41, 5.74) is 0. The minimum absolute atomic E-state index is 0.0777. The lowest BCUT2D eigenvalue weighted by atomic mass is 10.2. The number of rotatable bonds is 3. The molecule has 2 unspecified atom stereocenters. The standard InChI is InChI=1S/C9H12BrClN2/c1-6(11)7(2)13-9-8(10)4-3-5-12-9/h3-7H,1-2H3,(H,12,13). The number of nitrogens with zero attached hydrogens (tertiary/aromatic N) is 1. The summed E-state index contributed by atoms with van der Waals surface area (Å²) in [6.45, 7) is 3.98. The Morgan fingerprint density at radius 1 is 1.54 bits per heavy atom. The van der Waals surface area contributed by atoms with E-state index in [4.69, 9.17) is 11.6 Å². The maximum atomic E-state index is 5.92. The van der Waals surface area contributed by atoms with Crippen LogP contribution < -0.4 is 5.32 Å². The molecule has 0 spiro atoms. The Morgan fingerprint density at radius 3 is 2.77 bits per heavy atom. The number of halogens is 2. The monoisotopic (exact) mass is 262 g/mol. The van der Waals surface area contributed by atoms with Crippen LogP contribution in [0.15, 0.2) is 22.8 Å². The van der Waals surface area contributed by atoms with Crippen molar-refractivity contribution in [2.75, 3.05) is 5.32 Å². The van der Waals surface area contributed by atoms with Crippen LogP contribution in [0.5, 0.6) is 0 Å². The Kier molecular flexibility index (Phi) is 4.00. The number of pyridine rings is 1. The zero-order chi connectivity index (χ0) is 9.84. The molecule has 2 nitrogen and oxygen atoms in total. The smallest absolute Gasteiger partial charge is 0.140 e. The second-order valence-corrected chi connectivity index (χ2v) is 4.49. The third-order valence-corrected chi connectivity index (χ3v) is 2.83. The quantitative estimate of drug-likeness (QED) is 0.847. The molecule has 0 radical (unpaired) electrons. The SMILES string of the molecule is CC(Cl)C(C)Nc1ncccc1Br. The van der Waals surface area contributed by atoms with E-state index < -0.39 is 0 Å². The third kappa shape index (κ3) is 3.16. The lowest BCUT2D eigenvalue weighted by Crippen LogP contribution is -2.24. The summed E-state index contributed by atoms with van der Waals surface area (Å²) >= 11 is 9.33. The van der Waals surface area contributed by atoms with Crippen LogP contribution in [-0.2, 0) is 0 Å². The molecule has 0 aromatic carbocycles. The Balaban J connectivity index is 2.69. The maximum absolute atomic E-state index is 5.92. The van der Waals surface area contributed by atoms with E-state index in [0.29, 0.717) is 0 Å². The first-order valence-corrected chi connectivity index (χ1v) is 5.35. The second kappa shape index (κ2) is 4.82. The van der Waals surface area contributed by atoms with Gasteiger partial charge in [0.25, 0.3) is 0 Å². The summed E-state index contributed by atoms with van der Waals surface area (Å²) in [5.74, 6) is 0.836. The van der Waals surface area contributed by atoms with Crippen LogP contribution in [0.2, 0.25) is 0 Å². The van der Waals surface area contributed by atoms with Gasteiger partial charge in [-0.05, 0) is 41.9 Å². The van der Waals surface area contributed by atoms with Crippen molar-refractivity contribution in [2.45, 2.75) is 25.3 Å². The normalized spacial score (nSPS) is 15.1. The predicted octanol–water partition coefficient (Wildman–Crippen LogP) is 3.27. The van der Waals surface area contributed by atoms with Gasteiger partial charge in [0.15, 0.2) is 0 Å². The van der Waals surface area contributed by atoms with Crippen molar-refractivity contribution in [2.24, 2.45) is 0 Å². The molecule has 1 N–H and O–H groups in total. The van der Waals surface area contributed by atoms with Crippen LogP contribution >= 0.6 is 27.5 Å². The minimum Gasteiger partial charge on any atom is -0.365 e. The van der Waals surface area contributed by atoms with Crippen LogP contribution in [0.25, 0.3) is 0 Å². The first-order valence-electron chi connectivity index (χ1n) is 4.12. The fourth-order valence-corrected chi connectivity index (χ4v) is 1.25. The van der Waals surface area contributed by atoms with Gasteiger partial charge in [0.05, 0.1) is 9.85 Å². The van der Waals surface area contributed by atoms with Crippen LogP contribution in [0.4, 0.5) is 5.82 Å². The number of alkyl halides is 1. The number of nitrogens with one attached hydrogen (secondary N) is 1. The minimum atomic E-state index is 0.0777. The highest BCUT2D eigenvalue weighted by molar-refractivity contribution is 9.10. The van der Waals surface area contributed by atoms with Gasteiger partial charge >= 0.3 is 0 Å². The fourth-order valence-electron chi connectivity index (χ4n) is 0.822. The lowest BCUT2D eigenvalue weighted by molar-refractivity contribution is 0.767. The molecule has 1 aromatic rings. The molecular formula is C9H12BrClN2. The molecular weight excluding hydrogens is 251 g/mol. The summed E-state index contributed by atoms with van der Waals surface area (Å²) in [7, 11) is 0. The van der Waals surface area contributed by atoms with Crippen molar-refractivity contribution in [1.82, 2.24) is 4.98 Å². The summed E-state index contributed by atoms with van der Waals surface area (Å²) in [6.07, 6.45) is 1.75. The zero-order valence-corrected chi connectivity index (χ0v) is 9.93. The Morgan fingerprint density at radius 2 is 2.23 bits per heavy atom. The van der Waals surface area contributed by atoms with Crippen LogP contribution in [0, 0.1) is 0 Å². The van der Waals surface area contributed by atoms with Crippen LogP contribution in [0.1, 0.15) is 13.8 Å².